The summed E-state index contributed by atoms with van der Waals surface area (Å²) in [6, 6.07) is 16.8. The lowest BCUT2D eigenvalue weighted by Gasteiger charge is -2.10. The molecule has 0 saturated heterocycles. The van der Waals surface area contributed by atoms with Gasteiger partial charge in [-0.25, -0.2) is 4.98 Å². The first-order valence-corrected chi connectivity index (χ1v) is 8.31. The van der Waals surface area contributed by atoms with Crippen molar-refractivity contribution in [3.05, 3.63) is 77.5 Å². The molecule has 4 aromatic rings. The highest BCUT2D eigenvalue weighted by molar-refractivity contribution is 6.04. The Morgan fingerprint density at radius 3 is 2.69 bits per heavy atom. The Hall–Kier alpha value is -3.47. The molecule has 0 atom stereocenters. The Labute approximate surface area is 150 Å². The molecule has 0 aliphatic carbocycles. The van der Waals surface area contributed by atoms with Gasteiger partial charge in [0, 0.05) is 23.0 Å². The lowest BCUT2D eigenvalue weighted by Crippen LogP contribution is -2.12. The summed E-state index contributed by atoms with van der Waals surface area (Å²) >= 11 is 0. The van der Waals surface area contributed by atoms with E-state index in [0.717, 1.165) is 22.4 Å². The third kappa shape index (κ3) is 3.07. The zero-order chi connectivity index (χ0) is 18.1. The average molecular weight is 343 g/mol. The van der Waals surface area contributed by atoms with Crippen molar-refractivity contribution in [1.29, 1.82) is 0 Å². The number of aryl methyl sites for hydroxylation is 2. The molecule has 0 aliphatic rings. The van der Waals surface area contributed by atoms with Gasteiger partial charge in [-0.2, -0.15) is 4.98 Å². The summed E-state index contributed by atoms with van der Waals surface area (Å²) < 4.78 is 5.75. The van der Waals surface area contributed by atoms with E-state index in [1.807, 2.05) is 62.4 Å². The molecule has 2 heterocycles. The number of hydrogen-bond acceptors (Lipinski definition) is 4. The second-order valence-electron chi connectivity index (χ2n) is 6.20. The summed E-state index contributed by atoms with van der Waals surface area (Å²) in [5.74, 6) is 0.383. The van der Waals surface area contributed by atoms with Gasteiger partial charge in [-0.1, -0.05) is 17.7 Å². The molecule has 1 amide bonds. The van der Waals surface area contributed by atoms with Crippen LogP contribution in [0.15, 0.2) is 65.2 Å². The summed E-state index contributed by atoms with van der Waals surface area (Å²) in [5, 5.41) is 2.96. The Morgan fingerprint density at radius 2 is 1.92 bits per heavy atom. The van der Waals surface area contributed by atoms with Crippen LogP contribution in [0, 0.1) is 13.8 Å². The van der Waals surface area contributed by atoms with Gasteiger partial charge < -0.3 is 9.73 Å². The summed E-state index contributed by atoms with van der Waals surface area (Å²) in [6.07, 6.45) is 1.68. The van der Waals surface area contributed by atoms with Crippen LogP contribution in [0.2, 0.25) is 0 Å². The van der Waals surface area contributed by atoms with E-state index in [1.165, 1.54) is 0 Å². The fourth-order valence-electron chi connectivity index (χ4n) is 2.81. The summed E-state index contributed by atoms with van der Waals surface area (Å²) in [5.41, 5.74) is 5.45. The molecule has 1 N–H and O–H groups in total. The number of carbonyl (C=O) groups is 1. The smallest absolute Gasteiger partial charge is 0.255 e. The van der Waals surface area contributed by atoms with Gasteiger partial charge in [0.05, 0.1) is 0 Å². The first kappa shape index (κ1) is 16.0. The zero-order valence-corrected chi connectivity index (χ0v) is 14.5. The van der Waals surface area contributed by atoms with E-state index in [4.69, 9.17) is 4.42 Å². The molecule has 0 fully saturated rings. The molecular formula is C21H17N3O2. The van der Waals surface area contributed by atoms with Gasteiger partial charge in [-0.15, -0.1) is 0 Å². The number of hydrogen-bond donors (Lipinski definition) is 1. The number of amides is 1. The molecule has 0 spiro atoms. The number of pyridine rings is 1. The molecule has 5 nitrogen and oxygen atoms in total. The number of benzene rings is 2. The molecule has 26 heavy (non-hydrogen) atoms. The van der Waals surface area contributed by atoms with Gasteiger partial charge in [-0.05, 0) is 61.9 Å². The molecule has 4 rings (SSSR count). The predicted octanol–water partition coefficient (Wildman–Crippen LogP) is 4.76. The molecule has 128 valence electrons. The second-order valence-corrected chi connectivity index (χ2v) is 6.20. The molecule has 5 heteroatoms. The van der Waals surface area contributed by atoms with Crippen molar-refractivity contribution in [2.45, 2.75) is 13.8 Å². The summed E-state index contributed by atoms with van der Waals surface area (Å²) in [7, 11) is 0. The van der Waals surface area contributed by atoms with E-state index in [-0.39, 0.29) is 5.91 Å². The number of rotatable bonds is 3. The molecule has 0 radical (unpaired) electrons. The normalized spacial score (nSPS) is 10.8. The zero-order valence-electron chi connectivity index (χ0n) is 14.5. The van der Waals surface area contributed by atoms with Crippen LogP contribution >= 0.6 is 0 Å². The maximum atomic E-state index is 12.4. The van der Waals surface area contributed by atoms with Gasteiger partial charge in [0.1, 0.15) is 0 Å². The van der Waals surface area contributed by atoms with Gasteiger partial charge in [0.25, 0.3) is 5.91 Å². The van der Waals surface area contributed by atoms with Crippen molar-refractivity contribution in [2.75, 3.05) is 5.32 Å². The van der Waals surface area contributed by atoms with E-state index in [9.17, 15) is 4.79 Å². The molecule has 0 unspecified atom stereocenters. The quantitative estimate of drug-likeness (QED) is 0.582. The van der Waals surface area contributed by atoms with E-state index in [1.54, 1.807) is 12.3 Å². The number of nitrogens with zero attached hydrogens (tertiary/aromatic N) is 2. The number of oxazole rings is 1. The fraction of sp³-hybridized carbons (Fsp3) is 0.0952. The minimum absolute atomic E-state index is 0.129. The number of carbonyl (C=O) groups excluding carboxylic acids is 1. The Bertz CT molecular complexity index is 1080. The second kappa shape index (κ2) is 6.44. The molecular weight excluding hydrogens is 326 g/mol. The number of anilines is 1. The monoisotopic (exact) mass is 343 g/mol. The highest BCUT2D eigenvalue weighted by Crippen LogP contribution is 2.27. The molecule has 2 aromatic carbocycles. The highest BCUT2D eigenvalue weighted by atomic mass is 16.3. The molecule has 0 aliphatic heterocycles. The van der Waals surface area contributed by atoms with Crippen molar-refractivity contribution < 1.29 is 9.21 Å². The van der Waals surface area contributed by atoms with Crippen molar-refractivity contribution in [1.82, 2.24) is 9.97 Å². The van der Waals surface area contributed by atoms with Gasteiger partial charge in [0.15, 0.2) is 11.2 Å². The maximum Gasteiger partial charge on any atom is 0.255 e. The van der Waals surface area contributed by atoms with Gasteiger partial charge >= 0.3 is 0 Å². The first-order chi connectivity index (χ1) is 12.6. The van der Waals surface area contributed by atoms with Crippen molar-refractivity contribution in [3.8, 4) is 11.5 Å². The number of aromatic nitrogens is 2. The molecule has 0 saturated carbocycles. The van der Waals surface area contributed by atoms with Crippen LogP contribution in [-0.2, 0) is 0 Å². The third-order valence-corrected chi connectivity index (χ3v) is 4.17. The van der Waals surface area contributed by atoms with Crippen molar-refractivity contribution >= 4 is 22.8 Å². The molecule has 0 bridgehead atoms. The average Bonchev–Trinajstić information content (AvgIpc) is 3.07. The minimum Gasteiger partial charge on any atom is -0.434 e. The minimum atomic E-state index is -0.129. The maximum absolute atomic E-state index is 12.4. The Balaban J connectivity index is 1.60. The Kier molecular flexibility index (Phi) is 3.97. The van der Waals surface area contributed by atoms with Crippen LogP contribution < -0.4 is 5.32 Å². The summed E-state index contributed by atoms with van der Waals surface area (Å²) in [6.45, 7) is 3.91. The van der Waals surface area contributed by atoms with E-state index in [0.29, 0.717) is 22.7 Å². The SMILES string of the molecule is Cc1cccc(C(=O)Nc2ccc(-c3nc4ncccc4o3)cc2C)c1. The highest BCUT2D eigenvalue weighted by Gasteiger charge is 2.12. The van der Waals surface area contributed by atoms with Crippen LogP contribution in [0.25, 0.3) is 22.7 Å². The van der Waals surface area contributed by atoms with Crippen molar-refractivity contribution in [3.63, 3.8) is 0 Å². The lowest BCUT2D eigenvalue weighted by molar-refractivity contribution is 0.102. The number of nitrogens with one attached hydrogen (secondary N) is 1. The van der Waals surface area contributed by atoms with E-state index < -0.39 is 0 Å². The Morgan fingerprint density at radius 1 is 1.04 bits per heavy atom. The first-order valence-electron chi connectivity index (χ1n) is 8.31. The van der Waals surface area contributed by atoms with Crippen molar-refractivity contribution in [2.24, 2.45) is 0 Å². The van der Waals surface area contributed by atoms with Crippen LogP contribution in [0.3, 0.4) is 0 Å². The standard InChI is InChI=1S/C21H17N3O2/c1-13-5-3-6-15(11-13)20(25)23-17-9-8-16(12-14(17)2)21-24-19-18(26-21)7-4-10-22-19/h3-12H,1-2H3,(H,23,25). The number of fused-ring (bicyclic) bond motifs is 1. The predicted molar refractivity (Wildman–Crippen MR) is 101 cm³/mol. The topological polar surface area (TPSA) is 68.0 Å². The van der Waals surface area contributed by atoms with Gasteiger partial charge in [-0.3, -0.25) is 4.79 Å². The van der Waals surface area contributed by atoms with Gasteiger partial charge in [0.2, 0.25) is 5.89 Å². The third-order valence-electron chi connectivity index (χ3n) is 4.17. The van der Waals surface area contributed by atoms with E-state index in [2.05, 4.69) is 15.3 Å². The summed E-state index contributed by atoms with van der Waals surface area (Å²) in [4.78, 5) is 21.0. The largest absolute Gasteiger partial charge is 0.434 e. The fourth-order valence-corrected chi connectivity index (χ4v) is 2.81. The van der Waals surface area contributed by atoms with Crippen LogP contribution in [0.4, 0.5) is 5.69 Å². The van der Waals surface area contributed by atoms with E-state index >= 15 is 0 Å². The van der Waals surface area contributed by atoms with Crippen LogP contribution in [0.1, 0.15) is 21.5 Å². The lowest BCUT2D eigenvalue weighted by atomic mass is 10.1. The van der Waals surface area contributed by atoms with Crippen LogP contribution in [-0.4, -0.2) is 15.9 Å². The van der Waals surface area contributed by atoms with Crippen LogP contribution in [0.5, 0.6) is 0 Å². The molecule has 2 aromatic heterocycles.